The molecule has 0 atom stereocenters. The Morgan fingerprint density at radius 3 is 2.62 bits per heavy atom. The third-order valence-corrected chi connectivity index (χ3v) is 7.92. The summed E-state index contributed by atoms with van der Waals surface area (Å²) in [6.45, 7) is -0.00657. The molecular formula is C31H25F3N2O6. The molecule has 0 bridgehead atoms. The van der Waals surface area contributed by atoms with Crippen LogP contribution in [0, 0.1) is 0 Å². The fraction of sp³-hybridized carbons (Fsp3) is 0.323. The van der Waals surface area contributed by atoms with Crippen LogP contribution in [0.5, 0.6) is 23.1 Å². The van der Waals surface area contributed by atoms with Gasteiger partial charge in [0.2, 0.25) is 5.88 Å². The number of halogens is 3. The minimum Gasteiger partial charge on any atom is -0.473 e. The van der Waals surface area contributed by atoms with E-state index in [2.05, 4.69) is 9.89 Å². The predicted molar refractivity (Wildman–Crippen MR) is 142 cm³/mol. The van der Waals surface area contributed by atoms with E-state index in [1.807, 2.05) is 6.07 Å². The number of aromatic nitrogens is 2. The quantitative estimate of drug-likeness (QED) is 0.212. The monoisotopic (exact) mass is 578 g/mol. The lowest BCUT2D eigenvalue weighted by Crippen LogP contribution is -2.17. The van der Waals surface area contributed by atoms with Gasteiger partial charge < -0.3 is 23.5 Å². The van der Waals surface area contributed by atoms with Gasteiger partial charge in [0.05, 0.1) is 23.9 Å². The van der Waals surface area contributed by atoms with Gasteiger partial charge in [-0.25, -0.2) is 9.78 Å². The maximum atomic E-state index is 13.1. The highest BCUT2D eigenvalue weighted by molar-refractivity contribution is 5.90. The molecule has 1 aliphatic heterocycles. The largest absolute Gasteiger partial charge is 0.573 e. The number of nitrogens with zero attached hydrogens (tertiary/aromatic N) is 2. The van der Waals surface area contributed by atoms with Gasteiger partial charge in [0.1, 0.15) is 35.3 Å². The second-order valence-corrected chi connectivity index (χ2v) is 10.9. The van der Waals surface area contributed by atoms with Gasteiger partial charge in [-0.05, 0) is 68.0 Å². The van der Waals surface area contributed by atoms with Crippen molar-refractivity contribution in [3.05, 3.63) is 82.7 Å². The number of rotatable bonds is 7. The van der Waals surface area contributed by atoms with Crippen molar-refractivity contribution in [3.63, 3.8) is 0 Å². The topological polar surface area (TPSA) is 92.9 Å². The molecule has 0 unspecified atom stereocenters. The number of ether oxygens (including phenoxy) is 4. The lowest BCUT2D eigenvalue weighted by molar-refractivity contribution is -0.274. The minimum absolute atomic E-state index is 0.00657. The zero-order chi connectivity index (χ0) is 29.1. The summed E-state index contributed by atoms with van der Waals surface area (Å²) in [5.41, 5.74) is 2.90. The number of benzene rings is 2. The van der Waals surface area contributed by atoms with E-state index in [4.69, 9.17) is 23.7 Å². The average molecular weight is 579 g/mol. The summed E-state index contributed by atoms with van der Waals surface area (Å²) in [4.78, 5) is 16.9. The van der Waals surface area contributed by atoms with Gasteiger partial charge in [0, 0.05) is 23.0 Å². The van der Waals surface area contributed by atoms with E-state index >= 15 is 0 Å². The molecule has 0 radical (unpaired) electrons. The van der Waals surface area contributed by atoms with Crippen LogP contribution in [0.4, 0.5) is 13.2 Å². The first-order valence-electron chi connectivity index (χ1n) is 13.6. The second kappa shape index (κ2) is 9.78. The number of methoxy groups -OCH3 is 1. The van der Waals surface area contributed by atoms with Crippen LogP contribution in [0.3, 0.4) is 0 Å². The highest BCUT2D eigenvalue weighted by Crippen LogP contribution is 2.56. The van der Waals surface area contributed by atoms with Gasteiger partial charge in [0.15, 0.2) is 0 Å². The van der Waals surface area contributed by atoms with E-state index in [0.717, 1.165) is 36.9 Å². The molecule has 0 N–H and O–H groups in total. The van der Waals surface area contributed by atoms with Crippen molar-refractivity contribution in [1.82, 2.24) is 10.1 Å². The van der Waals surface area contributed by atoms with E-state index in [9.17, 15) is 18.0 Å². The second-order valence-electron chi connectivity index (χ2n) is 10.9. The number of carbonyl (C=O) groups is 1. The molecular weight excluding hydrogens is 553 g/mol. The first-order chi connectivity index (χ1) is 20.2. The zero-order valence-electron chi connectivity index (χ0n) is 22.5. The maximum Gasteiger partial charge on any atom is 0.573 e. The summed E-state index contributed by atoms with van der Waals surface area (Å²) in [5.74, 6) is 1.44. The normalized spacial score (nSPS) is 16.6. The van der Waals surface area contributed by atoms with Gasteiger partial charge in [-0.1, -0.05) is 23.4 Å². The van der Waals surface area contributed by atoms with Crippen molar-refractivity contribution < 1.29 is 41.4 Å². The molecule has 3 aliphatic rings. The SMILES string of the molecule is COC(=O)c1ccc2c(c1)Oc1ccc(OCc3c(-c4ccccc4OC(F)(F)F)noc3C3CC3)nc1C1(CC1)C2. The Hall–Kier alpha value is -4.54. The standard InChI is InChI=1S/C31H25F3N2O6/c1-38-29(37)18-8-9-19-15-30(12-13-30)28-23(40-24(19)14-18)10-11-25(35-28)39-16-21-26(36-42-27(21)17-6-7-17)20-4-2-3-5-22(20)41-31(32,33)34/h2-5,8-11,14,17H,6-7,12-13,15-16H2,1H3. The van der Waals surface area contributed by atoms with Crippen LogP contribution >= 0.6 is 0 Å². The Balaban J connectivity index is 1.18. The lowest BCUT2D eigenvalue weighted by atomic mass is 9.92. The number of hydrogen-bond acceptors (Lipinski definition) is 8. The number of hydrogen-bond donors (Lipinski definition) is 0. The van der Waals surface area contributed by atoms with Crippen molar-refractivity contribution in [3.8, 4) is 34.4 Å². The van der Waals surface area contributed by atoms with E-state index in [-0.39, 0.29) is 34.9 Å². The highest BCUT2D eigenvalue weighted by atomic mass is 19.4. The lowest BCUT2D eigenvalue weighted by Gasteiger charge is -2.16. The molecule has 1 spiro atoms. The van der Waals surface area contributed by atoms with E-state index in [1.165, 1.54) is 25.3 Å². The maximum absolute atomic E-state index is 13.1. The third kappa shape index (κ3) is 4.93. The zero-order valence-corrected chi connectivity index (χ0v) is 22.5. The van der Waals surface area contributed by atoms with Crippen LogP contribution < -0.4 is 14.2 Å². The average Bonchev–Trinajstić information content (AvgIpc) is 3.91. The van der Waals surface area contributed by atoms with Crippen molar-refractivity contribution in [2.75, 3.05) is 7.11 Å². The molecule has 2 aliphatic carbocycles. The van der Waals surface area contributed by atoms with Crippen molar-refractivity contribution >= 4 is 5.97 Å². The first kappa shape index (κ1) is 26.4. The molecule has 8 nitrogen and oxygen atoms in total. The van der Waals surface area contributed by atoms with Crippen LogP contribution in [-0.4, -0.2) is 29.6 Å². The summed E-state index contributed by atoms with van der Waals surface area (Å²) < 4.78 is 66.5. The summed E-state index contributed by atoms with van der Waals surface area (Å²) >= 11 is 0. The van der Waals surface area contributed by atoms with E-state index < -0.39 is 12.3 Å². The Morgan fingerprint density at radius 1 is 1.07 bits per heavy atom. The predicted octanol–water partition coefficient (Wildman–Crippen LogP) is 7.26. The molecule has 11 heteroatoms. The number of pyridine rings is 1. The molecule has 2 saturated carbocycles. The molecule has 7 rings (SSSR count). The molecule has 216 valence electrons. The summed E-state index contributed by atoms with van der Waals surface area (Å²) in [6.07, 6.45) is -0.506. The number of carbonyl (C=O) groups excluding carboxylic acids is 1. The summed E-state index contributed by atoms with van der Waals surface area (Å²) in [5, 5.41) is 4.14. The Labute approximate surface area is 238 Å². The van der Waals surface area contributed by atoms with Crippen molar-refractivity contribution in [2.24, 2.45) is 0 Å². The van der Waals surface area contributed by atoms with Crippen LogP contribution in [0.15, 0.2) is 59.1 Å². The number of esters is 1. The molecule has 2 aromatic carbocycles. The Kier molecular flexibility index (Phi) is 6.14. The Bertz CT molecular complexity index is 1690. The molecule has 2 fully saturated rings. The van der Waals surface area contributed by atoms with E-state index in [0.29, 0.717) is 40.7 Å². The van der Waals surface area contributed by atoms with Gasteiger partial charge >= 0.3 is 12.3 Å². The van der Waals surface area contributed by atoms with Gasteiger partial charge in [-0.3, -0.25) is 0 Å². The minimum atomic E-state index is -4.86. The Morgan fingerprint density at radius 2 is 1.88 bits per heavy atom. The molecule has 42 heavy (non-hydrogen) atoms. The number of alkyl halides is 3. The van der Waals surface area contributed by atoms with Crippen LogP contribution in [0.2, 0.25) is 0 Å². The number of para-hydroxylation sites is 1. The van der Waals surface area contributed by atoms with Crippen molar-refractivity contribution in [1.29, 1.82) is 0 Å². The van der Waals surface area contributed by atoms with Crippen LogP contribution in [0.25, 0.3) is 11.3 Å². The van der Waals surface area contributed by atoms with Gasteiger partial charge in [-0.15, -0.1) is 13.2 Å². The van der Waals surface area contributed by atoms with Crippen molar-refractivity contribution in [2.45, 2.75) is 56.4 Å². The van der Waals surface area contributed by atoms with Gasteiger partial charge in [-0.2, -0.15) is 0 Å². The summed E-state index contributed by atoms with van der Waals surface area (Å²) in [7, 11) is 1.33. The molecule has 0 amide bonds. The molecule has 0 saturated heterocycles. The molecule has 4 aromatic rings. The summed E-state index contributed by atoms with van der Waals surface area (Å²) in [6, 6.07) is 14.6. The first-order valence-corrected chi connectivity index (χ1v) is 13.6. The molecule has 3 heterocycles. The molecule has 2 aromatic heterocycles. The highest BCUT2D eigenvalue weighted by Gasteiger charge is 2.49. The van der Waals surface area contributed by atoms with Gasteiger partial charge in [0.25, 0.3) is 0 Å². The fourth-order valence-electron chi connectivity index (χ4n) is 5.50. The smallest absolute Gasteiger partial charge is 0.473 e. The van der Waals surface area contributed by atoms with Crippen LogP contribution in [-0.2, 0) is 23.2 Å². The third-order valence-electron chi connectivity index (χ3n) is 7.92. The number of fused-ring (bicyclic) bond motifs is 3. The fourth-order valence-corrected chi connectivity index (χ4v) is 5.50. The van der Waals surface area contributed by atoms with E-state index in [1.54, 1.807) is 30.3 Å². The van der Waals surface area contributed by atoms with Crippen LogP contribution in [0.1, 0.15) is 64.5 Å².